The smallest absolute Gasteiger partial charge is 1.00 e. The van der Waals surface area contributed by atoms with Crippen LogP contribution in [0.2, 0.25) is 0 Å². The topological polar surface area (TPSA) is 31.5 Å². The maximum Gasteiger partial charge on any atom is 2.00 e. The fourth-order valence-electron chi connectivity index (χ4n) is 0. The van der Waals surface area contributed by atoms with E-state index in [1.165, 1.54) is 0 Å². The van der Waals surface area contributed by atoms with Crippen LogP contribution < -0.4 is 0 Å². The number of hydrogen-bond acceptors (Lipinski definition) is 0. The van der Waals surface area contributed by atoms with Crippen molar-refractivity contribution in [1.29, 1.82) is 0 Å². The molecular formula is H4CdMgOZn. The summed E-state index contributed by atoms with van der Waals surface area (Å²) in [6.07, 6.45) is 0. The summed E-state index contributed by atoms with van der Waals surface area (Å²) in [5.74, 6) is 0. The van der Waals surface area contributed by atoms with Gasteiger partial charge < -0.3 is 8.33 Å². The molecule has 0 saturated carbocycles. The average Bonchev–Trinajstić information content (AvgIpc) is 0. The molecule has 0 aromatic heterocycles. The van der Waals surface area contributed by atoms with Crippen molar-refractivity contribution in [3.05, 3.63) is 0 Å². The summed E-state index contributed by atoms with van der Waals surface area (Å²) in [6.45, 7) is 0. The second kappa shape index (κ2) is 18.6. The van der Waals surface area contributed by atoms with Gasteiger partial charge in [0.15, 0.2) is 0 Å². The normalized spacial score (nSPS) is 0. The first kappa shape index (κ1) is 33.8. The van der Waals surface area contributed by atoms with Crippen LogP contribution in [-0.4, -0.2) is 28.5 Å². The molecule has 0 aliphatic heterocycles. The Morgan fingerprint density at radius 3 is 1.25 bits per heavy atom. The van der Waals surface area contributed by atoms with Gasteiger partial charge in [0.25, 0.3) is 0 Å². The van der Waals surface area contributed by atoms with Gasteiger partial charge in [0.2, 0.25) is 0 Å². The summed E-state index contributed by atoms with van der Waals surface area (Å²) in [5.41, 5.74) is 0. The Morgan fingerprint density at radius 2 is 1.25 bits per heavy atom. The molecule has 0 aromatic rings. The van der Waals surface area contributed by atoms with E-state index < -0.39 is 0 Å². The second-order valence-electron chi connectivity index (χ2n) is 0. The first-order valence-electron chi connectivity index (χ1n) is 0. The molecule has 0 atom stereocenters. The third-order valence-electron chi connectivity index (χ3n) is 0. The van der Waals surface area contributed by atoms with Gasteiger partial charge in [-0.05, 0) is 0 Å². The monoisotopic (exact) mass is 222 g/mol. The van der Waals surface area contributed by atoms with E-state index in [4.69, 9.17) is 0 Å². The van der Waals surface area contributed by atoms with Crippen LogP contribution in [0.1, 0.15) is 2.85 Å². The molecule has 1 nitrogen and oxygen atoms in total. The van der Waals surface area contributed by atoms with Gasteiger partial charge in [-0.3, -0.25) is 0 Å². The zero-order valence-corrected chi connectivity index (χ0v) is 11.0. The van der Waals surface area contributed by atoms with Crippen molar-refractivity contribution in [2.75, 3.05) is 0 Å². The van der Waals surface area contributed by atoms with Gasteiger partial charge in [0.05, 0.1) is 0 Å². The molecule has 2 N–H and O–H groups in total. The first-order valence-corrected chi connectivity index (χ1v) is 0. The van der Waals surface area contributed by atoms with Crippen molar-refractivity contribution >= 4 is 23.1 Å². The van der Waals surface area contributed by atoms with Crippen molar-refractivity contribution in [2.24, 2.45) is 0 Å². The maximum absolute atomic E-state index is 0. The van der Waals surface area contributed by atoms with Crippen LogP contribution in [0.25, 0.3) is 0 Å². The first-order chi connectivity index (χ1) is 0. The minimum absolute atomic E-state index is 0. The van der Waals surface area contributed by atoms with Crippen molar-refractivity contribution < 1.29 is 55.1 Å². The molecular weight excluding hydrogens is 218 g/mol. The van der Waals surface area contributed by atoms with E-state index in [0.717, 1.165) is 0 Å². The van der Waals surface area contributed by atoms with Gasteiger partial charge in [-0.15, -0.1) is 0 Å². The summed E-state index contributed by atoms with van der Waals surface area (Å²) in [4.78, 5) is 0. The van der Waals surface area contributed by atoms with Gasteiger partial charge in [-0.2, -0.15) is 0 Å². The number of rotatable bonds is 0. The van der Waals surface area contributed by atoms with E-state index >= 15 is 0 Å². The van der Waals surface area contributed by atoms with E-state index in [0.29, 0.717) is 0 Å². The fourth-order valence-corrected chi connectivity index (χ4v) is 0. The SMILES string of the molecule is O.[Cd].[H-].[H-].[Mg+2].[Zn]. The van der Waals surface area contributed by atoms with Crippen LogP contribution in [0.4, 0.5) is 0 Å². The summed E-state index contributed by atoms with van der Waals surface area (Å²) < 4.78 is 0. The molecule has 0 aliphatic carbocycles. The predicted molar refractivity (Wildman–Crippen MR) is 11.6 cm³/mol. The molecule has 4 heavy (non-hydrogen) atoms. The van der Waals surface area contributed by atoms with Crippen LogP contribution in [0.15, 0.2) is 0 Å². The summed E-state index contributed by atoms with van der Waals surface area (Å²) in [6, 6.07) is 0. The van der Waals surface area contributed by atoms with Crippen molar-refractivity contribution in [3.8, 4) is 0 Å². The van der Waals surface area contributed by atoms with Crippen LogP contribution in [0, 0.1) is 0 Å². The zero-order chi connectivity index (χ0) is 0. The van der Waals surface area contributed by atoms with E-state index in [-0.39, 0.29) is 78.2 Å². The number of hydrogen-bond donors (Lipinski definition) is 0. The Labute approximate surface area is 77.3 Å². The van der Waals surface area contributed by atoms with Gasteiger partial charge in [-0.1, -0.05) is 0 Å². The molecule has 0 spiro atoms. The Balaban J connectivity index is 0. The molecule has 16 valence electrons. The molecule has 0 fully saturated rings. The Bertz CT molecular complexity index is 13.5. The minimum Gasteiger partial charge on any atom is -1.00 e. The quantitative estimate of drug-likeness (QED) is 0.472. The standard InChI is InChI=1S/Cd.Mg.H2O.Zn.2H/h;;1H2;;;/q;+2;;;2*-1. The second-order valence-corrected chi connectivity index (χ2v) is 0. The molecule has 0 aliphatic rings. The van der Waals surface area contributed by atoms with E-state index in [2.05, 4.69) is 0 Å². The Morgan fingerprint density at radius 1 is 1.25 bits per heavy atom. The summed E-state index contributed by atoms with van der Waals surface area (Å²) in [5, 5.41) is 0. The van der Waals surface area contributed by atoms with Crippen molar-refractivity contribution in [2.45, 2.75) is 0 Å². The van der Waals surface area contributed by atoms with Gasteiger partial charge in [-0.25, -0.2) is 0 Å². The Kier molecular flexibility index (Phi) is 157. The van der Waals surface area contributed by atoms with E-state index in [9.17, 15) is 0 Å². The van der Waals surface area contributed by atoms with Crippen molar-refractivity contribution in [3.63, 3.8) is 0 Å². The Hall–Kier alpha value is 2.27. The van der Waals surface area contributed by atoms with Gasteiger partial charge in [0.1, 0.15) is 0 Å². The molecule has 0 aromatic carbocycles. The third-order valence-corrected chi connectivity index (χ3v) is 0. The zero-order valence-electron chi connectivity index (χ0n) is 4.62. The molecule has 0 bridgehead atoms. The third kappa shape index (κ3) is 8.86. The molecule has 0 amide bonds. The molecule has 0 unspecified atom stereocenters. The molecule has 0 saturated heterocycles. The van der Waals surface area contributed by atoms with E-state index in [1.54, 1.807) is 0 Å². The van der Waals surface area contributed by atoms with Crippen molar-refractivity contribution in [1.82, 2.24) is 0 Å². The minimum atomic E-state index is 0. The van der Waals surface area contributed by atoms with Crippen LogP contribution >= 0.6 is 0 Å². The van der Waals surface area contributed by atoms with E-state index in [1.807, 2.05) is 0 Å². The summed E-state index contributed by atoms with van der Waals surface area (Å²) >= 11 is 0. The predicted octanol–water partition coefficient (Wildman–Crippen LogP) is -0.986. The van der Waals surface area contributed by atoms with Crippen LogP contribution in [0.5, 0.6) is 0 Å². The fraction of sp³-hybridized carbons (Fsp3) is 0. The van der Waals surface area contributed by atoms with Crippen LogP contribution in [0.3, 0.4) is 0 Å². The average molecular weight is 222 g/mol. The van der Waals surface area contributed by atoms with Gasteiger partial charge in [0, 0.05) is 46.8 Å². The molecule has 4 heteroatoms. The molecule has 0 radical (unpaired) electrons. The van der Waals surface area contributed by atoms with Crippen LogP contribution in [-0.2, 0) is 46.8 Å². The maximum atomic E-state index is 0. The molecule has 0 rings (SSSR count). The largest absolute Gasteiger partial charge is 2.00 e. The molecule has 0 heterocycles. The summed E-state index contributed by atoms with van der Waals surface area (Å²) in [7, 11) is 0. The van der Waals surface area contributed by atoms with Gasteiger partial charge >= 0.3 is 23.1 Å².